The van der Waals surface area contributed by atoms with Crippen molar-refractivity contribution in [3.63, 3.8) is 0 Å². The number of carbonyl (C=O) groups is 2. The van der Waals surface area contributed by atoms with Crippen LogP contribution in [0.5, 0.6) is 0 Å². The minimum absolute atomic E-state index is 0.335. The van der Waals surface area contributed by atoms with Crippen LogP contribution in [0.3, 0.4) is 0 Å². The number of nitrogens with two attached hydrogens (primary N) is 1. The van der Waals surface area contributed by atoms with Crippen LogP contribution in [0.15, 0.2) is 30.3 Å². The highest BCUT2D eigenvalue weighted by Crippen LogP contribution is 2.13. The molecule has 0 heterocycles. The lowest BCUT2D eigenvalue weighted by Gasteiger charge is -2.19. The SMILES string of the molecule is NC(=O)C(O)(Cc1ccccc1)C(=O)O. The Morgan fingerprint density at radius 1 is 1.27 bits per heavy atom. The number of carboxylic acids is 1. The first-order valence-electron chi connectivity index (χ1n) is 4.26. The molecule has 0 fully saturated rings. The van der Waals surface area contributed by atoms with E-state index in [1.165, 1.54) is 0 Å². The molecule has 0 aliphatic carbocycles. The van der Waals surface area contributed by atoms with Gasteiger partial charge in [-0.1, -0.05) is 30.3 Å². The Balaban J connectivity index is 2.95. The highest BCUT2D eigenvalue weighted by atomic mass is 16.4. The summed E-state index contributed by atoms with van der Waals surface area (Å²) in [6.07, 6.45) is -0.335. The van der Waals surface area contributed by atoms with E-state index in [-0.39, 0.29) is 6.42 Å². The number of benzene rings is 1. The van der Waals surface area contributed by atoms with Gasteiger partial charge in [-0.3, -0.25) is 4.79 Å². The predicted molar refractivity (Wildman–Crippen MR) is 51.9 cm³/mol. The molecule has 0 bridgehead atoms. The lowest BCUT2D eigenvalue weighted by atomic mass is 9.94. The fraction of sp³-hybridized carbons (Fsp3) is 0.200. The monoisotopic (exact) mass is 209 g/mol. The van der Waals surface area contributed by atoms with Crippen LogP contribution >= 0.6 is 0 Å². The predicted octanol–water partition coefficient (Wildman–Crippen LogP) is -0.470. The number of amides is 1. The first-order chi connectivity index (χ1) is 6.97. The summed E-state index contributed by atoms with van der Waals surface area (Å²) in [6.45, 7) is 0. The fourth-order valence-electron chi connectivity index (χ4n) is 1.16. The van der Waals surface area contributed by atoms with Gasteiger partial charge in [-0.2, -0.15) is 0 Å². The summed E-state index contributed by atoms with van der Waals surface area (Å²) in [7, 11) is 0. The maximum Gasteiger partial charge on any atom is 0.346 e. The molecule has 0 aliphatic heterocycles. The molecule has 1 amide bonds. The van der Waals surface area contributed by atoms with Crippen molar-refractivity contribution < 1.29 is 19.8 Å². The summed E-state index contributed by atoms with van der Waals surface area (Å²) >= 11 is 0. The Hall–Kier alpha value is -1.88. The number of carboxylic acid groups (broad SMARTS) is 1. The second-order valence-corrected chi connectivity index (χ2v) is 3.19. The maximum atomic E-state index is 10.9. The van der Waals surface area contributed by atoms with E-state index in [1.54, 1.807) is 30.3 Å². The molecule has 0 aromatic heterocycles. The van der Waals surface area contributed by atoms with Gasteiger partial charge in [0.1, 0.15) is 0 Å². The summed E-state index contributed by atoms with van der Waals surface area (Å²) in [5.41, 5.74) is 2.84. The van der Waals surface area contributed by atoms with Crippen molar-refractivity contribution in [2.24, 2.45) is 5.73 Å². The van der Waals surface area contributed by atoms with Crippen molar-refractivity contribution >= 4 is 11.9 Å². The van der Waals surface area contributed by atoms with Crippen LogP contribution in [0.25, 0.3) is 0 Å². The van der Waals surface area contributed by atoms with Gasteiger partial charge in [-0.25, -0.2) is 4.79 Å². The van der Waals surface area contributed by atoms with E-state index in [4.69, 9.17) is 10.8 Å². The Bertz CT molecular complexity index is 360. The van der Waals surface area contributed by atoms with Gasteiger partial charge in [-0.05, 0) is 5.56 Å². The minimum Gasteiger partial charge on any atom is -0.479 e. The number of primary amides is 1. The lowest BCUT2D eigenvalue weighted by Crippen LogP contribution is -2.52. The van der Waals surface area contributed by atoms with Gasteiger partial charge in [0.2, 0.25) is 5.60 Å². The summed E-state index contributed by atoms with van der Waals surface area (Å²) < 4.78 is 0. The average molecular weight is 209 g/mol. The Morgan fingerprint density at radius 2 is 1.80 bits per heavy atom. The third kappa shape index (κ3) is 2.32. The number of hydrogen-bond acceptors (Lipinski definition) is 3. The van der Waals surface area contributed by atoms with E-state index in [1.807, 2.05) is 0 Å². The van der Waals surface area contributed by atoms with Crippen LogP contribution in [-0.4, -0.2) is 27.7 Å². The number of aliphatic hydroxyl groups is 1. The highest BCUT2D eigenvalue weighted by Gasteiger charge is 2.42. The molecule has 15 heavy (non-hydrogen) atoms. The van der Waals surface area contributed by atoms with Crippen LogP contribution in [0.4, 0.5) is 0 Å². The molecular weight excluding hydrogens is 198 g/mol. The standard InChI is InChI=1S/C10H11NO4/c11-8(12)10(15,9(13)14)6-7-4-2-1-3-5-7/h1-5,15H,6H2,(H2,11,12)(H,13,14). The number of carbonyl (C=O) groups excluding carboxylic acids is 1. The lowest BCUT2D eigenvalue weighted by molar-refractivity contribution is -0.164. The van der Waals surface area contributed by atoms with Crippen molar-refractivity contribution in [2.75, 3.05) is 0 Å². The molecular formula is C10H11NO4. The molecule has 1 unspecified atom stereocenters. The molecule has 0 aliphatic rings. The molecule has 0 radical (unpaired) electrons. The quantitative estimate of drug-likeness (QED) is 0.583. The largest absolute Gasteiger partial charge is 0.479 e. The fourth-order valence-corrected chi connectivity index (χ4v) is 1.16. The third-order valence-corrected chi connectivity index (χ3v) is 2.06. The van der Waals surface area contributed by atoms with Crippen LogP contribution < -0.4 is 5.73 Å². The normalized spacial score (nSPS) is 14.2. The van der Waals surface area contributed by atoms with Crippen LogP contribution in [0, 0.1) is 0 Å². The van der Waals surface area contributed by atoms with E-state index < -0.39 is 17.5 Å². The molecule has 1 aromatic rings. The van der Waals surface area contributed by atoms with Gasteiger partial charge in [-0.15, -0.1) is 0 Å². The van der Waals surface area contributed by atoms with Crippen LogP contribution in [0.2, 0.25) is 0 Å². The molecule has 0 spiro atoms. The van der Waals surface area contributed by atoms with Crippen molar-refractivity contribution in [1.82, 2.24) is 0 Å². The van der Waals surface area contributed by atoms with Crippen molar-refractivity contribution in [1.29, 1.82) is 0 Å². The first kappa shape index (κ1) is 11.2. The van der Waals surface area contributed by atoms with Gasteiger partial charge < -0.3 is 15.9 Å². The smallest absolute Gasteiger partial charge is 0.346 e. The highest BCUT2D eigenvalue weighted by molar-refractivity contribution is 6.04. The molecule has 4 N–H and O–H groups in total. The van der Waals surface area contributed by atoms with Crippen LogP contribution in [-0.2, 0) is 16.0 Å². The topological polar surface area (TPSA) is 101 Å². The molecule has 1 rings (SSSR count). The van der Waals surface area contributed by atoms with E-state index in [0.717, 1.165) is 0 Å². The zero-order valence-electron chi connectivity index (χ0n) is 7.88. The summed E-state index contributed by atoms with van der Waals surface area (Å²) in [5, 5.41) is 18.3. The number of hydrogen-bond donors (Lipinski definition) is 3. The van der Waals surface area contributed by atoms with E-state index in [0.29, 0.717) is 5.56 Å². The summed E-state index contributed by atoms with van der Waals surface area (Å²) in [6, 6.07) is 8.32. The zero-order valence-corrected chi connectivity index (χ0v) is 7.88. The maximum absolute atomic E-state index is 10.9. The van der Waals surface area contributed by atoms with Gasteiger partial charge in [0.05, 0.1) is 0 Å². The van der Waals surface area contributed by atoms with E-state index in [2.05, 4.69) is 0 Å². The molecule has 1 atom stereocenters. The molecule has 5 heteroatoms. The summed E-state index contributed by atoms with van der Waals surface area (Å²) in [5.74, 6) is -2.90. The van der Waals surface area contributed by atoms with Gasteiger partial charge in [0, 0.05) is 6.42 Å². The van der Waals surface area contributed by atoms with Gasteiger partial charge >= 0.3 is 5.97 Å². The Labute approximate surface area is 86.1 Å². The second kappa shape index (κ2) is 4.10. The van der Waals surface area contributed by atoms with Crippen molar-refractivity contribution in [2.45, 2.75) is 12.0 Å². The molecule has 5 nitrogen and oxygen atoms in total. The van der Waals surface area contributed by atoms with Crippen LogP contribution in [0.1, 0.15) is 5.56 Å². The Morgan fingerprint density at radius 3 is 2.20 bits per heavy atom. The molecule has 0 saturated carbocycles. The van der Waals surface area contributed by atoms with E-state index in [9.17, 15) is 14.7 Å². The van der Waals surface area contributed by atoms with Gasteiger partial charge in [0.15, 0.2) is 0 Å². The number of aliphatic carboxylic acids is 1. The van der Waals surface area contributed by atoms with Crippen molar-refractivity contribution in [3.8, 4) is 0 Å². The zero-order chi connectivity index (χ0) is 11.5. The van der Waals surface area contributed by atoms with Crippen molar-refractivity contribution in [3.05, 3.63) is 35.9 Å². The van der Waals surface area contributed by atoms with E-state index >= 15 is 0 Å². The number of rotatable bonds is 4. The first-order valence-corrected chi connectivity index (χ1v) is 4.26. The average Bonchev–Trinajstić information content (AvgIpc) is 2.18. The minimum atomic E-state index is -2.54. The second-order valence-electron chi connectivity index (χ2n) is 3.19. The third-order valence-electron chi connectivity index (χ3n) is 2.06. The Kier molecular flexibility index (Phi) is 3.06. The molecule has 0 saturated heterocycles. The molecule has 80 valence electrons. The van der Waals surface area contributed by atoms with Gasteiger partial charge in [0.25, 0.3) is 5.91 Å². The molecule has 1 aromatic carbocycles. The summed E-state index contributed by atoms with van der Waals surface area (Å²) in [4.78, 5) is 21.6.